The summed E-state index contributed by atoms with van der Waals surface area (Å²) in [5.74, 6) is 0.504. The molecular weight excluding hydrogens is 447 g/mol. The van der Waals surface area contributed by atoms with Crippen molar-refractivity contribution in [3.63, 3.8) is 0 Å². The summed E-state index contributed by atoms with van der Waals surface area (Å²) in [7, 11) is 4.90. The van der Waals surface area contributed by atoms with E-state index in [1.165, 1.54) is 24.8 Å². The van der Waals surface area contributed by atoms with Crippen LogP contribution in [0.4, 0.5) is 30.2 Å². The highest BCUT2D eigenvalue weighted by Gasteiger charge is 2.30. The Kier molecular flexibility index (Phi) is 7.99. The summed E-state index contributed by atoms with van der Waals surface area (Å²) in [6.07, 6.45) is 0.830. The van der Waals surface area contributed by atoms with Gasteiger partial charge in [-0.3, -0.25) is 4.98 Å². The molecule has 0 amide bonds. The van der Waals surface area contributed by atoms with Gasteiger partial charge in [0.2, 0.25) is 0 Å². The Hall–Kier alpha value is -3.75. The number of esters is 1. The van der Waals surface area contributed by atoms with Crippen molar-refractivity contribution < 1.29 is 27.4 Å². The van der Waals surface area contributed by atoms with Gasteiger partial charge in [-0.1, -0.05) is 6.07 Å². The maximum atomic E-state index is 12.6. The highest BCUT2D eigenvalue weighted by atomic mass is 19.4. The number of nitrogens with one attached hydrogen (secondary N) is 1. The number of pyridine rings is 1. The zero-order valence-corrected chi connectivity index (χ0v) is 19.1. The van der Waals surface area contributed by atoms with Crippen molar-refractivity contribution in [3.05, 3.63) is 77.6 Å². The first-order valence-electron chi connectivity index (χ1n) is 10.6. The lowest BCUT2D eigenvalue weighted by Gasteiger charge is -2.23. The highest BCUT2D eigenvalue weighted by molar-refractivity contribution is 5.95. The summed E-state index contributed by atoms with van der Waals surface area (Å²) in [6, 6.07) is 12.7. The van der Waals surface area contributed by atoms with Gasteiger partial charge < -0.3 is 19.7 Å². The van der Waals surface area contributed by atoms with E-state index in [0.717, 1.165) is 36.4 Å². The van der Waals surface area contributed by atoms with Gasteiger partial charge in [-0.05, 0) is 54.8 Å². The third kappa shape index (κ3) is 5.98. The van der Waals surface area contributed by atoms with Gasteiger partial charge in [-0.25, -0.2) is 4.79 Å². The smallest absolute Gasteiger partial charge is 0.416 e. The van der Waals surface area contributed by atoms with Crippen LogP contribution in [-0.4, -0.2) is 38.8 Å². The summed E-state index contributed by atoms with van der Waals surface area (Å²) in [6.45, 7) is 0.709. The van der Waals surface area contributed by atoms with E-state index in [1.807, 2.05) is 30.1 Å². The van der Waals surface area contributed by atoms with Crippen LogP contribution in [-0.2, 0) is 17.3 Å². The summed E-state index contributed by atoms with van der Waals surface area (Å²) >= 11 is 0. The molecule has 1 aromatic heterocycles. The number of hydrogen-bond donors (Lipinski definition) is 1. The number of nitrogens with zero attached hydrogens (tertiary/aromatic N) is 2. The number of benzene rings is 2. The van der Waals surface area contributed by atoms with Crippen molar-refractivity contribution in [2.24, 2.45) is 0 Å². The monoisotopic (exact) mass is 473 g/mol. The van der Waals surface area contributed by atoms with Crippen LogP contribution >= 0.6 is 0 Å². The molecule has 0 saturated carbocycles. The first kappa shape index (κ1) is 24.9. The van der Waals surface area contributed by atoms with E-state index in [-0.39, 0.29) is 5.97 Å². The molecule has 2 heterocycles. The molecule has 6 nitrogen and oxygen atoms in total. The number of rotatable bonds is 4. The Morgan fingerprint density at radius 2 is 1.82 bits per heavy atom. The lowest BCUT2D eigenvalue weighted by atomic mass is 10.1. The fraction of sp³-hybridized carbons (Fsp3) is 0.280. The molecule has 0 radical (unpaired) electrons. The minimum atomic E-state index is -4.31. The SMILES string of the molecule is CN(c1ccc(C(F)(F)F)cc1)c1ccc2c(c1)OCCC2.CNc1cnccc1C(=O)OC. The van der Waals surface area contributed by atoms with E-state index >= 15 is 0 Å². The van der Waals surface area contributed by atoms with Gasteiger partial charge in [0.25, 0.3) is 0 Å². The highest BCUT2D eigenvalue weighted by Crippen LogP contribution is 2.34. The summed E-state index contributed by atoms with van der Waals surface area (Å²) in [5.41, 5.74) is 3.29. The summed E-state index contributed by atoms with van der Waals surface area (Å²) in [5, 5.41) is 2.85. The van der Waals surface area contributed by atoms with Crippen molar-refractivity contribution in [1.29, 1.82) is 0 Å². The lowest BCUT2D eigenvalue weighted by Crippen LogP contribution is -2.13. The molecule has 180 valence electrons. The maximum absolute atomic E-state index is 12.6. The van der Waals surface area contributed by atoms with Crippen molar-refractivity contribution in [2.75, 3.05) is 38.0 Å². The minimum Gasteiger partial charge on any atom is -0.493 e. The van der Waals surface area contributed by atoms with Gasteiger partial charge in [0, 0.05) is 37.7 Å². The fourth-order valence-electron chi connectivity index (χ4n) is 3.44. The number of alkyl halides is 3. The molecule has 1 aliphatic rings. The topological polar surface area (TPSA) is 63.7 Å². The number of aromatic nitrogens is 1. The molecular formula is C25H26F3N3O3. The van der Waals surface area contributed by atoms with Crippen LogP contribution in [0.25, 0.3) is 0 Å². The molecule has 0 saturated heterocycles. The van der Waals surface area contributed by atoms with Crippen LogP contribution in [0.3, 0.4) is 0 Å². The van der Waals surface area contributed by atoms with Gasteiger partial charge in [-0.2, -0.15) is 13.2 Å². The molecule has 1 aliphatic heterocycles. The number of carbonyl (C=O) groups excluding carboxylic acids is 1. The van der Waals surface area contributed by atoms with Crippen LogP contribution in [0.15, 0.2) is 60.9 Å². The summed E-state index contributed by atoms with van der Waals surface area (Å²) in [4.78, 5) is 16.8. The number of anilines is 3. The zero-order valence-electron chi connectivity index (χ0n) is 19.1. The molecule has 4 rings (SSSR count). The van der Waals surface area contributed by atoms with Gasteiger partial charge in [0.15, 0.2) is 0 Å². The van der Waals surface area contributed by atoms with E-state index in [4.69, 9.17) is 4.74 Å². The van der Waals surface area contributed by atoms with Crippen molar-refractivity contribution >= 4 is 23.0 Å². The van der Waals surface area contributed by atoms with Crippen LogP contribution in [0.5, 0.6) is 5.75 Å². The third-order valence-corrected chi connectivity index (χ3v) is 5.36. The summed E-state index contributed by atoms with van der Waals surface area (Å²) < 4.78 is 48.0. The Labute approximate surface area is 196 Å². The van der Waals surface area contributed by atoms with Crippen molar-refractivity contribution in [3.8, 4) is 5.75 Å². The number of hydrogen-bond acceptors (Lipinski definition) is 6. The number of ether oxygens (including phenoxy) is 2. The lowest BCUT2D eigenvalue weighted by molar-refractivity contribution is -0.137. The van der Waals surface area contributed by atoms with E-state index in [9.17, 15) is 18.0 Å². The standard InChI is InChI=1S/C17H16F3NO.C8H10N2O2/c1-21(14-8-5-13(6-9-14)17(18,19)20)15-7-4-12-3-2-10-22-16(12)11-15;1-9-7-5-10-4-3-6(7)8(11)12-2/h4-9,11H,2-3,10H2,1H3;3-5,9H,1-2H3. The van der Waals surface area contributed by atoms with Gasteiger partial charge in [0.1, 0.15) is 5.75 Å². The van der Waals surface area contributed by atoms with Crippen molar-refractivity contribution in [2.45, 2.75) is 19.0 Å². The molecule has 0 spiro atoms. The zero-order chi connectivity index (χ0) is 24.7. The Morgan fingerprint density at radius 3 is 2.47 bits per heavy atom. The number of carbonyl (C=O) groups is 1. The first-order valence-corrected chi connectivity index (χ1v) is 10.6. The minimum absolute atomic E-state index is 0.359. The van der Waals surface area contributed by atoms with Gasteiger partial charge in [0.05, 0.1) is 36.7 Å². The average Bonchev–Trinajstić information content (AvgIpc) is 2.87. The van der Waals surface area contributed by atoms with Crippen LogP contribution < -0.4 is 15.0 Å². The number of methoxy groups -OCH3 is 1. The van der Waals surface area contributed by atoms with E-state index < -0.39 is 11.7 Å². The maximum Gasteiger partial charge on any atom is 0.416 e. The molecule has 2 aromatic carbocycles. The predicted octanol–water partition coefficient (Wildman–Crippen LogP) is 5.71. The van der Waals surface area contributed by atoms with Gasteiger partial charge >= 0.3 is 12.1 Å². The molecule has 0 atom stereocenters. The van der Waals surface area contributed by atoms with E-state index in [2.05, 4.69) is 15.0 Å². The Bertz CT molecular complexity index is 1120. The van der Waals surface area contributed by atoms with Crippen LogP contribution in [0.2, 0.25) is 0 Å². The Balaban J connectivity index is 0.000000229. The second kappa shape index (κ2) is 10.9. The molecule has 3 aromatic rings. The normalized spacial score (nSPS) is 12.4. The average molecular weight is 473 g/mol. The molecule has 1 N–H and O–H groups in total. The Morgan fingerprint density at radius 1 is 1.12 bits per heavy atom. The number of aryl methyl sites for hydroxylation is 1. The third-order valence-electron chi connectivity index (χ3n) is 5.36. The molecule has 0 bridgehead atoms. The fourth-order valence-corrected chi connectivity index (χ4v) is 3.44. The first-order chi connectivity index (χ1) is 16.2. The van der Waals surface area contributed by atoms with Crippen LogP contribution in [0.1, 0.15) is 27.9 Å². The van der Waals surface area contributed by atoms with E-state index in [0.29, 0.717) is 23.5 Å². The second-order valence-corrected chi connectivity index (χ2v) is 7.51. The predicted molar refractivity (Wildman–Crippen MR) is 125 cm³/mol. The van der Waals surface area contributed by atoms with E-state index in [1.54, 1.807) is 25.5 Å². The number of halogens is 3. The molecule has 0 unspecified atom stereocenters. The van der Waals surface area contributed by atoms with Crippen molar-refractivity contribution in [1.82, 2.24) is 4.98 Å². The van der Waals surface area contributed by atoms with Crippen LogP contribution in [0, 0.1) is 0 Å². The molecule has 34 heavy (non-hydrogen) atoms. The molecule has 0 aliphatic carbocycles. The number of fused-ring (bicyclic) bond motifs is 1. The molecule has 0 fully saturated rings. The van der Waals surface area contributed by atoms with Gasteiger partial charge in [-0.15, -0.1) is 0 Å². The quantitative estimate of drug-likeness (QED) is 0.490. The largest absolute Gasteiger partial charge is 0.493 e. The molecule has 9 heteroatoms. The second-order valence-electron chi connectivity index (χ2n) is 7.51.